The zero-order chi connectivity index (χ0) is 49.0. The molecule has 1 fully saturated rings. The summed E-state index contributed by atoms with van der Waals surface area (Å²) in [6.07, 6.45) is 1.36. The number of hydrogen-bond acceptors (Lipinski definition) is 14. The van der Waals surface area contributed by atoms with Gasteiger partial charge in [0.05, 0.1) is 45.2 Å². The monoisotopic (exact) mass is 958 g/mol. The number of amides is 4. The predicted octanol–water partition coefficient (Wildman–Crippen LogP) is 1.86. The number of carbonyl (C=O) groups is 6. The Morgan fingerprint density at radius 1 is 0.806 bits per heavy atom. The summed E-state index contributed by atoms with van der Waals surface area (Å²) in [7, 11) is -9.09. The summed E-state index contributed by atoms with van der Waals surface area (Å²) < 4.78 is 61.9. The molecular formula is C46H54N8O11S2. The van der Waals surface area contributed by atoms with E-state index in [9.17, 15) is 50.2 Å². The number of nitrogen functional groups attached to an aromatic ring is 1. The third-order valence-electron chi connectivity index (χ3n) is 11.7. The van der Waals surface area contributed by atoms with Gasteiger partial charge in [-0.15, -0.1) is 0 Å². The second-order valence-corrected chi connectivity index (χ2v) is 20.2. The van der Waals surface area contributed by atoms with Gasteiger partial charge < -0.3 is 43.0 Å². The van der Waals surface area contributed by atoms with Crippen molar-refractivity contribution >= 4 is 72.2 Å². The number of hydrogen-bond donors (Lipinski definition) is 8. The summed E-state index contributed by atoms with van der Waals surface area (Å²) in [5.74, 6) is -3.76. The topological polar surface area (TPSA) is 306 Å². The minimum atomic E-state index is -5.00. The minimum Gasteiger partial charge on any atom is -0.397 e. The average Bonchev–Trinajstić information content (AvgIpc) is 3.78. The molecule has 0 radical (unpaired) electrons. The number of benzene rings is 4. The number of fused-ring (bicyclic) bond motifs is 2. The Bertz CT molecular complexity index is 2820. The quantitative estimate of drug-likeness (QED) is 0.0459. The van der Waals surface area contributed by atoms with E-state index in [1.807, 2.05) is 30.3 Å². The summed E-state index contributed by atoms with van der Waals surface area (Å²) in [6.45, 7) is 6.46. The Kier molecular flexibility index (Phi) is 15.3. The first-order valence-electron chi connectivity index (χ1n) is 21.6. The van der Waals surface area contributed by atoms with Gasteiger partial charge in [-0.05, 0) is 76.8 Å². The van der Waals surface area contributed by atoms with Crippen LogP contribution in [0.2, 0.25) is 0 Å². The molecule has 1 heterocycles. The van der Waals surface area contributed by atoms with Crippen molar-refractivity contribution < 1.29 is 50.2 Å². The van der Waals surface area contributed by atoms with Crippen molar-refractivity contribution in [1.29, 1.82) is 0 Å². The van der Waals surface area contributed by atoms with Crippen LogP contribution in [-0.4, -0.2) is 117 Å². The molecule has 0 spiro atoms. The summed E-state index contributed by atoms with van der Waals surface area (Å²) in [5.41, 5.74) is 11.2. The highest BCUT2D eigenvalue weighted by atomic mass is 32.2. The number of nitrogens with one attached hydrogen (secondary N) is 5. The summed E-state index contributed by atoms with van der Waals surface area (Å²) in [4.78, 5) is 80.5. The van der Waals surface area contributed by atoms with Crippen LogP contribution in [0.3, 0.4) is 0 Å². The zero-order valence-corrected chi connectivity index (χ0v) is 38.9. The Morgan fingerprint density at radius 3 is 2.09 bits per heavy atom. The lowest BCUT2D eigenvalue weighted by atomic mass is 9.82. The van der Waals surface area contributed by atoms with E-state index in [2.05, 4.69) is 26.6 Å². The molecule has 0 saturated carbocycles. The van der Waals surface area contributed by atoms with E-state index in [-0.39, 0.29) is 39.5 Å². The number of ketones is 2. The molecule has 6 unspecified atom stereocenters. The first kappa shape index (κ1) is 49.9. The lowest BCUT2D eigenvalue weighted by Crippen LogP contribution is -2.59. The average molecular weight is 959 g/mol. The van der Waals surface area contributed by atoms with Gasteiger partial charge in [0.2, 0.25) is 23.6 Å². The second kappa shape index (κ2) is 20.6. The fraction of sp³-hybridized carbons (Fsp3) is 0.348. The molecular weight excluding hydrogens is 905 g/mol. The molecule has 4 aromatic carbocycles. The molecule has 1 aliphatic carbocycles. The number of anilines is 3. The van der Waals surface area contributed by atoms with Crippen molar-refractivity contribution in [2.75, 3.05) is 29.9 Å². The van der Waals surface area contributed by atoms with Gasteiger partial charge in [0.15, 0.2) is 21.4 Å². The Labute approximate surface area is 388 Å². The van der Waals surface area contributed by atoms with E-state index < -0.39 is 113 Å². The number of likely N-dealkylation sites (tertiary alicyclic amines) is 1. The third kappa shape index (κ3) is 11.4. The molecule has 6 atom stereocenters. The van der Waals surface area contributed by atoms with Crippen LogP contribution in [0, 0.1) is 0 Å². The van der Waals surface area contributed by atoms with E-state index >= 15 is 0 Å². The van der Waals surface area contributed by atoms with Crippen LogP contribution >= 0.6 is 0 Å². The Hall–Kier alpha value is -6.52. The van der Waals surface area contributed by atoms with Gasteiger partial charge in [0, 0.05) is 42.0 Å². The molecule has 10 N–H and O–H groups in total. The molecule has 2 aliphatic rings. The number of rotatable bonds is 18. The van der Waals surface area contributed by atoms with Crippen molar-refractivity contribution in [3.63, 3.8) is 0 Å². The van der Waals surface area contributed by atoms with E-state index in [1.165, 1.54) is 61.2 Å². The van der Waals surface area contributed by atoms with Crippen LogP contribution in [0.1, 0.15) is 77.9 Å². The van der Waals surface area contributed by atoms with Gasteiger partial charge in [-0.2, -0.15) is 8.42 Å². The second-order valence-electron chi connectivity index (χ2n) is 16.7. The Morgan fingerprint density at radius 2 is 1.45 bits per heavy atom. The van der Waals surface area contributed by atoms with Gasteiger partial charge in [0.1, 0.15) is 17.0 Å². The molecule has 0 bridgehead atoms. The van der Waals surface area contributed by atoms with E-state index in [1.54, 1.807) is 19.9 Å². The van der Waals surface area contributed by atoms with Crippen LogP contribution in [0.4, 0.5) is 17.1 Å². The highest BCUT2D eigenvalue weighted by Gasteiger charge is 2.39. The molecule has 4 amide bonds. The van der Waals surface area contributed by atoms with Gasteiger partial charge in [-0.25, -0.2) is 8.42 Å². The maximum atomic E-state index is 13.8. The lowest BCUT2D eigenvalue weighted by molar-refractivity contribution is -0.141. The smallest absolute Gasteiger partial charge is 0.296 e. The first-order valence-corrected chi connectivity index (χ1v) is 24.6. The summed E-state index contributed by atoms with van der Waals surface area (Å²) in [6, 6.07) is 17.1. The van der Waals surface area contributed by atoms with Gasteiger partial charge in [-0.1, -0.05) is 60.7 Å². The molecule has 67 heavy (non-hydrogen) atoms. The molecule has 356 valence electrons. The van der Waals surface area contributed by atoms with Gasteiger partial charge in [0.25, 0.3) is 10.1 Å². The highest BCUT2D eigenvalue weighted by molar-refractivity contribution is 7.91. The number of carbonyl (C=O) groups excluding carboxylic acids is 6. The van der Waals surface area contributed by atoms with Crippen molar-refractivity contribution in [3.05, 3.63) is 113 Å². The largest absolute Gasteiger partial charge is 0.397 e. The number of nitrogens with two attached hydrogens (primary N) is 2. The standard InChI is InChI=1S/C46H54N8O11S2/c1-25(47)43(57)51-28(4)46(60)54-20-11-18-36(54)45(59)53-34(22-29-12-6-5-7-13-29)26(2)50-27(3)44(58)49-19-21-66(61,62)31-15-10-14-30(23-31)52-35-24-37(67(63,64)65)40(48)39-38(35)41(55)32-16-8-9-17-33(32)42(39)56/h5-10,12-17,23-28,34,36,50,52H,11,18-22,47-48H2,1-4H3,(H,49,58)(H,51,57)(H,53,59)(H,63,64,65). The van der Waals surface area contributed by atoms with Crippen molar-refractivity contribution in [2.24, 2.45) is 5.73 Å². The lowest BCUT2D eigenvalue weighted by Gasteiger charge is -2.32. The van der Waals surface area contributed by atoms with E-state index in [0.29, 0.717) is 25.8 Å². The normalized spacial score (nSPS) is 17.0. The predicted molar refractivity (Wildman–Crippen MR) is 249 cm³/mol. The van der Waals surface area contributed by atoms with E-state index in [4.69, 9.17) is 11.5 Å². The highest BCUT2D eigenvalue weighted by Crippen LogP contribution is 2.40. The van der Waals surface area contributed by atoms with Crippen molar-refractivity contribution in [2.45, 2.75) is 93.0 Å². The molecule has 1 aliphatic heterocycles. The van der Waals surface area contributed by atoms with Crippen LogP contribution in [0.15, 0.2) is 94.7 Å². The maximum Gasteiger partial charge on any atom is 0.296 e. The van der Waals surface area contributed by atoms with Gasteiger partial charge in [-0.3, -0.25) is 33.3 Å². The van der Waals surface area contributed by atoms with Crippen molar-refractivity contribution in [1.82, 2.24) is 26.2 Å². The molecule has 0 aromatic heterocycles. The number of nitrogens with zero attached hydrogens (tertiary/aromatic N) is 1. The Balaban J connectivity index is 1.11. The van der Waals surface area contributed by atoms with Gasteiger partial charge >= 0.3 is 0 Å². The summed E-state index contributed by atoms with van der Waals surface area (Å²) in [5, 5.41) is 14.4. The van der Waals surface area contributed by atoms with Crippen LogP contribution in [0.5, 0.6) is 0 Å². The molecule has 4 aromatic rings. The third-order valence-corrected chi connectivity index (χ3v) is 14.3. The van der Waals surface area contributed by atoms with E-state index in [0.717, 1.165) is 11.6 Å². The molecule has 1 saturated heterocycles. The fourth-order valence-corrected chi connectivity index (χ4v) is 10.00. The minimum absolute atomic E-state index is 0.0123. The molecule has 19 nitrogen and oxygen atoms in total. The van der Waals surface area contributed by atoms with Crippen LogP contribution < -0.4 is 38.1 Å². The maximum absolute atomic E-state index is 13.8. The van der Waals surface area contributed by atoms with Crippen molar-refractivity contribution in [3.8, 4) is 0 Å². The summed E-state index contributed by atoms with van der Waals surface area (Å²) >= 11 is 0. The SMILES string of the molecule is CC(N)C(=O)NC(C)C(=O)N1CCCC1C(=O)NC(Cc1ccccc1)C(C)NC(C)C(=O)NCCS(=O)(=O)c1cccc(Nc2cc(S(=O)(=O)O)c(N)c3c2C(=O)c2ccccc2C3=O)c1. The molecule has 21 heteroatoms. The zero-order valence-electron chi connectivity index (χ0n) is 37.2. The van der Waals surface area contributed by atoms with Crippen LogP contribution in [-0.2, 0) is 45.6 Å². The number of sulfone groups is 1. The van der Waals surface area contributed by atoms with Crippen LogP contribution in [0.25, 0.3) is 0 Å². The first-order chi connectivity index (χ1) is 31.6. The molecule has 6 rings (SSSR count). The fourth-order valence-electron chi connectivity index (χ4n) is 8.15.